The molecular formula is C20H28F2N4OS. The highest BCUT2D eigenvalue weighted by Gasteiger charge is 2.24. The molecule has 3 N–H and O–H groups in total. The number of hydrogen-bond acceptors (Lipinski definition) is 4. The molecule has 8 heteroatoms. The highest BCUT2D eigenvalue weighted by Crippen LogP contribution is 2.24. The standard InChI is InChI=1S/C20H28F2N4OS/c1-5-23-19(25-13-20(2,27)14-9-10-28-12-14)24-11-17(26(3)4)18-15(21)7-6-8-16(18)22/h6-10,12,17,27H,5,11,13H2,1-4H3,(H2,23,24,25). The van der Waals surface area contributed by atoms with E-state index in [-0.39, 0.29) is 18.7 Å². The van der Waals surface area contributed by atoms with Gasteiger partial charge in [-0.2, -0.15) is 11.3 Å². The van der Waals surface area contributed by atoms with Crippen molar-refractivity contribution in [3.05, 3.63) is 57.8 Å². The molecule has 5 nitrogen and oxygen atoms in total. The Morgan fingerprint density at radius 2 is 1.93 bits per heavy atom. The average molecular weight is 411 g/mol. The van der Waals surface area contributed by atoms with E-state index in [1.807, 2.05) is 23.8 Å². The van der Waals surface area contributed by atoms with E-state index in [0.717, 1.165) is 5.56 Å². The summed E-state index contributed by atoms with van der Waals surface area (Å²) in [5.74, 6) is -0.688. The van der Waals surface area contributed by atoms with E-state index in [1.54, 1.807) is 25.9 Å². The Morgan fingerprint density at radius 3 is 2.46 bits per heavy atom. The van der Waals surface area contributed by atoms with Crippen LogP contribution in [0.15, 0.2) is 40.0 Å². The van der Waals surface area contributed by atoms with Crippen molar-refractivity contribution in [2.75, 3.05) is 33.7 Å². The summed E-state index contributed by atoms with van der Waals surface area (Å²) in [5, 5.41) is 20.7. The number of guanidine groups is 1. The van der Waals surface area contributed by atoms with E-state index in [9.17, 15) is 13.9 Å². The molecule has 0 saturated heterocycles. The molecule has 2 unspecified atom stereocenters. The number of aliphatic imine (C=N–C) groups is 1. The van der Waals surface area contributed by atoms with Gasteiger partial charge in [-0.1, -0.05) is 6.07 Å². The zero-order valence-corrected chi connectivity index (χ0v) is 17.5. The van der Waals surface area contributed by atoms with Gasteiger partial charge in [-0.05, 0) is 62.5 Å². The molecule has 1 aromatic heterocycles. The second-order valence-electron chi connectivity index (χ2n) is 6.98. The van der Waals surface area contributed by atoms with Crippen LogP contribution in [0.2, 0.25) is 0 Å². The number of nitrogens with one attached hydrogen (secondary N) is 2. The Labute approximate surface area is 169 Å². The molecule has 2 rings (SSSR count). The van der Waals surface area contributed by atoms with Gasteiger partial charge in [0.05, 0.1) is 12.6 Å². The summed E-state index contributed by atoms with van der Waals surface area (Å²) in [6.07, 6.45) is 0. The van der Waals surface area contributed by atoms with Gasteiger partial charge in [0.15, 0.2) is 5.96 Å². The molecule has 0 aliphatic heterocycles. The highest BCUT2D eigenvalue weighted by atomic mass is 32.1. The summed E-state index contributed by atoms with van der Waals surface area (Å²) in [6, 6.07) is 5.21. The molecule has 28 heavy (non-hydrogen) atoms. The molecule has 0 spiro atoms. The summed E-state index contributed by atoms with van der Waals surface area (Å²) in [6.45, 7) is 4.65. The third-order valence-corrected chi connectivity index (χ3v) is 5.13. The Bertz CT molecular complexity index is 758. The lowest BCUT2D eigenvalue weighted by Gasteiger charge is -2.27. The number of likely N-dealkylation sites (N-methyl/N-ethyl adjacent to an activating group) is 1. The van der Waals surface area contributed by atoms with Gasteiger partial charge >= 0.3 is 0 Å². The number of aliphatic hydroxyl groups is 1. The van der Waals surface area contributed by atoms with Crippen LogP contribution in [0.4, 0.5) is 8.78 Å². The van der Waals surface area contributed by atoms with E-state index < -0.39 is 23.3 Å². The minimum Gasteiger partial charge on any atom is -0.383 e. The molecule has 0 aliphatic rings. The van der Waals surface area contributed by atoms with Crippen molar-refractivity contribution in [2.45, 2.75) is 25.5 Å². The molecule has 0 radical (unpaired) electrons. The van der Waals surface area contributed by atoms with Crippen LogP contribution in [0, 0.1) is 11.6 Å². The lowest BCUT2D eigenvalue weighted by molar-refractivity contribution is 0.0677. The van der Waals surface area contributed by atoms with Crippen LogP contribution >= 0.6 is 11.3 Å². The van der Waals surface area contributed by atoms with Crippen LogP contribution in [0.3, 0.4) is 0 Å². The summed E-state index contributed by atoms with van der Waals surface area (Å²) < 4.78 is 28.4. The normalized spacial score (nSPS) is 15.4. The van der Waals surface area contributed by atoms with Crippen molar-refractivity contribution in [3.8, 4) is 0 Å². The first kappa shape index (κ1) is 22.3. The number of halogens is 2. The molecule has 1 heterocycles. The van der Waals surface area contributed by atoms with Gasteiger partial charge in [0.25, 0.3) is 0 Å². The van der Waals surface area contributed by atoms with E-state index in [0.29, 0.717) is 12.5 Å². The van der Waals surface area contributed by atoms with Crippen molar-refractivity contribution >= 4 is 17.3 Å². The minimum absolute atomic E-state index is 0.0149. The number of hydrogen-bond donors (Lipinski definition) is 3. The van der Waals surface area contributed by atoms with Crippen molar-refractivity contribution in [1.82, 2.24) is 15.5 Å². The summed E-state index contributed by atoms with van der Waals surface area (Å²) in [7, 11) is 3.54. The fourth-order valence-electron chi connectivity index (χ4n) is 2.80. The summed E-state index contributed by atoms with van der Waals surface area (Å²) in [5.41, 5.74) is -0.279. The first-order valence-corrected chi connectivity index (χ1v) is 10.1. The third kappa shape index (κ3) is 5.73. The number of benzene rings is 1. The van der Waals surface area contributed by atoms with Gasteiger partial charge in [-0.25, -0.2) is 13.8 Å². The largest absolute Gasteiger partial charge is 0.383 e. The quantitative estimate of drug-likeness (QED) is 0.462. The third-order valence-electron chi connectivity index (χ3n) is 4.45. The van der Waals surface area contributed by atoms with Gasteiger partial charge in [0, 0.05) is 18.7 Å². The lowest BCUT2D eigenvalue weighted by Crippen LogP contribution is -2.43. The van der Waals surface area contributed by atoms with E-state index >= 15 is 0 Å². The molecule has 0 bridgehead atoms. The van der Waals surface area contributed by atoms with E-state index in [2.05, 4.69) is 15.6 Å². The van der Waals surface area contributed by atoms with Crippen molar-refractivity contribution in [1.29, 1.82) is 0 Å². The Kier molecular flexibility index (Phi) is 7.91. The lowest BCUT2D eigenvalue weighted by atomic mass is 10.00. The van der Waals surface area contributed by atoms with Gasteiger partial charge in [-0.3, -0.25) is 0 Å². The van der Waals surface area contributed by atoms with Gasteiger partial charge in [-0.15, -0.1) is 0 Å². The fourth-order valence-corrected chi connectivity index (χ4v) is 3.59. The second kappa shape index (κ2) is 9.95. The Morgan fingerprint density at radius 1 is 1.25 bits per heavy atom. The Balaban J connectivity index is 2.14. The smallest absolute Gasteiger partial charge is 0.191 e. The first-order valence-electron chi connectivity index (χ1n) is 9.13. The maximum Gasteiger partial charge on any atom is 0.191 e. The van der Waals surface area contributed by atoms with Crippen LogP contribution in [0.5, 0.6) is 0 Å². The predicted molar refractivity (Wildman–Crippen MR) is 111 cm³/mol. The molecule has 2 atom stereocenters. The van der Waals surface area contributed by atoms with Gasteiger partial charge < -0.3 is 20.6 Å². The van der Waals surface area contributed by atoms with Crippen LogP contribution in [0.25, 0.3) is 0 Å². The topological polar surface area (TPSA) is 59.9 Å². The molecule has 1 aromatic carbocycles. The molecule has 0 aliphatic carbocycles. The summed E-state index contributed by atoms with van der Waals surface area (Å²) in [4.78, 5) is 6.20. The zero-order chi connectivity index (χ0) is 20.7. The van der Waals surface area contributed by atoms with E-state index in [1.165, 1.54) is 29.5 Å². The number of rotatable bonds is 8. The average Bonchev–Trinajstić information content (AvgIpc) is 3.17. The molecule has 154 valence electrons. The Hall–Kier alpha value is -2.03. The molecule has 2 aromatic rings. The van der Waals surface area contributed by atoms with Crippen molar-refractivity contribution in [3.63, 3.8) is 0 Å². The number of thiophene rings is 1. The molecule has 0 amide bonds. The molecular weight excluding hydrogens is 382 g/mol. The van der Waals surface area contributed by atoms with Crippen LogP contribution in [0.1, 0.15) is 31.0 Å². The van der Waals surface area contributed by atoms with Gasteiger partial charge in [0.2, 0.25) is 0 Å². The maximum atomic E-state index is 14.2. The van der Waals surface area contributed by atoms with Crippen LogP contribution in [-0.4, -0.2) is 49.7 Å². The fraction of sp³-hybridized carbons (Fsp3) is 0.450. The molecule has 0 saturated carbocycles. The first-order chi connectivity index (χ1) is 13.3. The molecule has 0 fully saturated rings. The van der Waals surface area contributed by atoms with E-state index in [4.69, 9.17) is 0 Å². The summed E-state index contributed by atoms with van der Waals surface area (Å²) >= 11 is 1.51. The van der Waals surface area contributed by atoms with Crippen molar-refractivity contribution < 1.29 is 13.9 Å². The number of nitrogens with zero attached hydrogens (tertiary/aromatic N) is 2. The van der Waals surface area contributed by atoms with Gasteiger partial charge in [0.1, 0.15) is 17.2 Å². The van der Waals surface area contributed by atoms with Crippen molar-refractivity contribution in [2.24, 2.45) is 4.99 Å². The predicted octanol–water partition coefficient (Wildman–Crippen LogP) is 3.09. The maximum absolute atomic E-state index is 14.2. The monoisotopic (exact) mass is 410 g/mol. The minimum atomic E-state index is -1.10. The second-order valence-corrected chi connectivity index (χ2v) is 7.76. The SMILES string of the molecule is CCNC(=NCC(C)(O)c1ccsc1)NCC(c1c(F)cccc1F)N(C)C. The van der Waals surface area contributed by atoms with Crippen LogP contribution in [-0.2, 0) is 5.60 Å². The van der Waals surface area contributed by atoms with Crippen LogP contribution < -0.4 is 10.6 Å². The zero-order valence-electron chi connectivity index (χ0n) is 16.7. The highest BCUT2D eigenvalue weighted by molar-refractivity contribution is 7.08.